The zero-order chi connectivity index (χ0) is 12.5. The summed E-state index contributed by atoms with van der Waals surface area (Å²) in [6.45, 7) is 4.49. The molecule has 0 heterocycles. The van der Waals surface area contributed by atoms with Crippen LogP contribution >= 0.6 is 0 Å². The SMILES string of the molecule is CCC1CCC(C(=O)O)(C2CCCC(C)C2)C1. The van der Waals surface area contributed by atoms with Gasteiger partial charge in [0.15, 0.2) is 0 Å². The van der Waals surface area contributed by atoms with Gasteiger partial charge in [-0.25, -0.2) is 0 Å². The lowest BCUT2D eigenvalue weighted by Crippen LogP contribution is -2.39. The second-order valence-electron chi connectivity index (χ2n) is 6.45. The minimum Gasteiger partial charge on any atom is -0.481 e. The van der Waals surface area contributed by atoms with E-state index in [1.807, 2.05) is 0 Å². The Morgan fingerprint density at radius 2 is 2.12 bits per heavy atom. The fraction of sp³-hybridized carbons (Fsp3) is 0.933. The molecule has 0 spiro atoms. The second kappa shape index (κ2) is 4.99. The van der Waals surface area contributed by atoms with Gasteiger partial charge >= 0.3 is 5.97 Å². The van der Waals surface area contributed by atoms with Crippen LogP contribution in [-0.4, -0.2) is 11.1 Å². The summed E-state index contributed by atoms with van der Waals surface area (Å²) in [6, 6.07) is 0. The minimum atomic E-state index is -0.507. The highest BCUT2D eigenvalue weighted by Crippen LogP contribution is 2.53. The van der Waals surface area contributed by atoms with Crippen LogP contribution in [0.3, 0.4) is 0 Å². The number of carboxylic acids is 1. The minimum absolute atomic E-state index is 0.366. The van der Waals surface area contributed by atoms with Crippen LogP contribution in [0.4, 0.5) is 0 Å². The Morgan fingerprint density at radius 3 is 2.65 bits per heavy atom. The van der Waals surface area contributed by atoms with Gasteiger partial charge in [-0.1, -0.05) is 33.1 Å². The van der Waals surface area contributed by atoms with Crippen molar-refractivity contribution >= 4 is 5.97 Å². The smallest absolute Gasteiger partial charge is 0.309 e. The van der Waals surface area contributed by atoms with Crippen molar-refractivity contribution < 1.29 is 9.90 Å². The highest BCUT2D eigenvalue weighted by molar-refractivity contribution is 5.75. The summed E-state index contributed by atoms with van der Waals surface area (Å²) in [6.07, 6.45) is 8.97. The standard InChI is InChI=1S/C15H26O2/c1-3-12-7-8-15(10-12,14(16)17)13-6-4-5-11(2)9-13/h11-13H,3-10H2,1-2H3,(H,16,17). The maximum atomic E-state index is 11.8. The van der Waals surface area contributed by atoms with Crippen molar-refractivity contribution in [2.45, 2.75) is 65.2 Å². The average Bonchev–Trinajstić information content (AvgIpc) is 2.74. The molecule has 4 atom stereocenters. The van der Waals surface area contributed by atoms with Crippen LogP contribution in [0.15, 0.2) is 0 Å². The molecule has 2 rings (SSSR count). The monoisotopic (exact) mass is 238 g/mol. The quantitative estimate of drug-likeness (QED) is 0.804. The molecule has 1 N–H and O–H groups in total. The first-order valence-electron chi connectivity index (χ1n) is 7.32. The zero-order valence-electron chi connectivity index (χ0n) is 11.2. The van der Waals surface area contributed by atoms with Crippen molar-refractivity contribution in [3.8, 4) is 0 Å². The highest BCUT2D eigenvalue weighted by Gasteiger charge is 2.50. The average molecular weight is 238 g/mol. The number of rotatable bonds is 3. The number of hydrogen-bond acceptors (Lipinski definition) is 1. The van der Waals surface area contributed by atoms with E-state index in [-0.39, 0.29) is 5.41 Å². The highest BCUT2D eigenvalue weighted by atomic mass is 16.4. The van der Waals surface area contributed by atoms with Gasteiger partial charge in [-0.3, -0.25) is 4.79 Å². The van der Waals surface area contributed by atoms with E-state index in [1.165, 1.54) is 12.8 Å². The number of carbonyl (C=O) groups is 1. The van der Waals surface area contributed by atoms with Crippen LogP contribution in [-0.2, 0) is 4.79 Å². The Morgan fingerprint density at radius 1 is 1.35 bits per heavy atom. The van der Waals surface area contributed by atoms with Crippen molar-refractivity contribution in [1.82, 2.24) is 0 Å². The van der Waals surface area contributed by atoms with Gasteiger partial charge in [0.25, 0.3) is 0 Å². The summed E-state index contributed by atoms with van der Waals surface area (Å²) in [5, 5.41) is 9.72. The molecule has 17 heavy (non-hydrogen) atoms. The van der Waals surface area contributed by atoms with Crippen molar-refractivity contribution in [2.24, 2.45) is 23.2 Å². The molecule has 0 bridgehead atoms. The molecule has 2 aliphatic rings. The van der Waals surface area contributed by atoms with Crippen LogP contribution in [0.2, 0.25) is 0 Å². The first-order chi connectivity index (χ1) is 8.08. The molecule has 2 heteroatoms. The largest absolute Gasteiger partial charge is 0.481 e. The maximum absolute atomic E-state index is 11.8. The number of carboxylic acid groups (broad SMARTS) is 1. The summed E-state index contributed by atoms with van der Waals surface area (Å²) in [4.78, 5) is 11.8. The van der Waals surface area contributed by atoms with Gasteiger partial charge in [0.1, 0.15) is 0 Å². The van der Waals surface area contributed by atoms with Crippen molar-refractivity contribution in [3.63, 3.8) is 0 Å². The lowest BCUT2D eigenvalue weighted by atomic mass is 9.65. The summed E-state index contributed by atoms with van der Waals surface area (Å²) in [5.41, 5.74) is -0.366. The summed E-state index contributed by atoms with van der Waals surface area (Å²) in [5.74, 6) is 1.32. The van der Waals surface area contributed by atoms with Crippen molar-refractivity contribution in [3.05, 3.63) is 0 Å². The summed E-state index contributed by atoms with van der Waals surface area (Å²) < 4.78 is 0. The molecule has 98 valence electrons. The first kappa shape index (κ1) is 12.9. The van der Waals surface area contributed by atoms with Gasteiger partial charge in [-0.2, -0.15) is 0 Å². The summed E-state index contributed by atoms with van der Waals surface area (Å²) in [7, 11) is 0. The van der Waals surface area contributed by atoms with Gasteiger partial charge < -0.3 is 5.11 Å². The van der Waals surface area contributed by atoms with E-state index in [9.17, 15) is 9.90 Å². The van der Waals surface area contributed by atoms with E-state index >= 15 is 0 Å². The summed E-state index contributed by atoms with van der Waals surface area (Å²) >= 11 is 0. The van der Waals surface area contributed by atoms with E-state index in [4.69, 9.17) is 0 Å². The molecule has 0 aliphatic heterocycles. The van der Waals surface area contributed by atoms with E-state index in [0.29, 0.717) is 11.8 Å². The predicted molar refractivity (Wildman–Crippen MR) is 68.8 cm³/mol. The van der Waals surface area contributed by atoms with Gasteiger partial charge in [-0.05, 0) is 49.9 Å². The van der Waals surface area contributed by atoms with Crippen LogP contribution in [0, 0.1) is 23.2 Å². The van der Waals surface area contributed by atoms with E-state index in [1.54, 1.807) is 0 Å². The Hall–Kier alpha value is -0.530. The molecular formula is C15H26O2. The molecular weight excluding hydrogens is 212 g/mol. The Bertz CT molecular complexity index is 287. The van der Waals surface area contributed by atoms with Crippen molar-refractivity contribution in [1.29, 1.82) is 0 Å². The Balaban J connectivity index is 2.14. The number of hydrogen-bond donors (Lipinski definition) is 1. The third-order valence-electron chi connectivity index (χ3n) is 5.37. The Labute approximate surface area is 105 Å². The van der Waals surface area contributed by atoms with Crippen LogP contribution in [0.1, 0.15) is 65.2 Å². The van der Waals surface area contributed by atoms with E-state index in [0.717, 1.165) is 44.4 Å². The third-order valence-corrected chi connectivity index (χ3v) is 5.37. The van der Waals surface area contributed by atoms with Crippen LogP contribution in [0.25, 0.3) is 0 Å². The molecule has 0 aromatic rings. The molecule has 0 amide bonds. The predicted octanol–water partition coefficient (Wildman–Crippen LogP) is 4.09. The van der Waals surface area contributed by atoms with Crippen LogP contribution < -0.4 is 0 Å². The third kappa shape index (κ3) is 2.36. The normalized spacial score (nSPS) is 42.6. The molecule has 2 nitrogen and oxygen atoms in total. The van der Waals surface area contributed by atoms with Gasteiger partial charge in [0, 0.05) is 0 Å². The fourth-order valence-corrected chi connectivity index (χ4v) is 4.21. The topological polar surface area (TPSA) is 37.3 Å². The van der Waals surface area contributed by atoms with Crippen molar-refractivity contribution in [2.75, 3.05) is 0 Å². The van der Waals surface area contributed by atoms with Gasteiger partial charge in [-0.15, -0.1) is 0 Å². The fourth-order valence-electron chi connectivity index (χ4n) is 4.21. The van der Waals surface area contributed by atoms with Gasteiger partial charge in [0.2, 0.25) is 0 Å². The molecule has 0 radical (unpaired) electrons. The molecule has 2 saturated carbocycles. The molecule has 0 aromatic carbocycles. The Kier molecular flexibility index (Phi) is 3.79. The lowest BCUT2D eigenvalue weighted by molar-refractivity contribution is -0.154. The molecule has 2 fully saturated rings. The molecule has 2 aliphatic carbocycles. The molecule has 0 saturated heterocycles. The maximum Gasteiger partial charge on any atom is 0.309 e. The molecule has 4 unspecified atom stereocenters. The van der Waals surface area contributed by atoms with E-state index in [2.05, 4.69) is 13.8 Å². The molecule has 0 aromatic heterocycles. The number of aliphatic carboxylic acids is 1. The van der Waals surface area contributed by atoms with E-state index < -0.39 is 5.97 Å². The lowest BCUT2D eigenvalue weighted by Gasteiger charge is -2.38. The zero-order valence-corrected chi connectivity index (χ0v) is 11.2. The van der Waals surface area contributed by atoms with Gasteiger partial charge in [0.05, 0.1) is 5.41 Å². The van der Waals surface area contributed by atoms with Crippen LogP contribution in [0.5, 0.6) is 0 Å². The first-order valence-corrected chi connectivity index (χ1v) is 7.32. The second-order valence-corrected chi connectivity index (χ2v) is 6.45.